The van der Waals surface area contributed by atoms with Crippen molar-refractivity contribution in [3.8, 4) is 0 Å². The van der Waals surface area contributed by atoms with Crippen molar-refractivity contribution >= 4 is 13.5 Å². The first kappa shape index (κ1) is 7.21. The van der Waals surface area contributed by atoms with Gasteiger partial charge in [-0.3, -0.25) is 0 Å². The summed E-state index contributed by atoms with van der Waals surface area (Å²) >= 11 is 0. The second-order valence-corrected chi connectivity index (χ2v) is 1.29. The maximum atomic E-state index is 3.55. The van der Waals surface area contributed by atoms with Gasteiger partial charge in [0, 0.05) is 0 Å². The maximum absolute atomic E-state index is 3.55. The second kappa shape index (κ2) is 4.38. The van der Waals surface area contributed by atoms with Crippen LogP contribution in [-0.4, -0.2) is 18.3 Å². The van der Waals surface area contributed by atoms with Gasteiger partial charge in [0.25, 0.3) is 0 Å². The number of rotatable bonds is 3. The molecule has 0 bridgehead atoms. The Balaban J connectivity index is 3.69. The molecule has 0 aromatic carbocycles. The van der Waals surface area contributed by atoms with Crippen LogP contribution >= 0.6 is 0 Å². The van der Waals surface area contributed by atoms with E-state index in [1.165, 1.54) is 0 Å². The molecule has 0 atom stereocenters. The average Bonchev–Trinajstić information content (AvgIpc) is 1.83. The van der Waals surface area contributed by atoms with E-state index in [1.54, 1.807) is 18.1 Å². The van der Waals surface area contributed by atoms with E-state index in [2.05, 4.69) is 13.0 Å². The van der Waals surface area contributed by atoms with Gasteiger partial charge in [-0.25, -0.2) is 0 Å². The second-order valence-electron chi connectivity index (χ2n) is 1.29. The normalized spacial score (nSPS) is 8.62. The van der Waals surface area contributed by atoms with Gasteiger partial charge < -0.3 is 0 Å². The molecule has 0 aromatic heterocycles. The van der Waals surface area contributed by atoms with Crippen LogP contribution in [0.25, 0.3) is 0 Å². The minimum absolute atomic E-state index is 1.69. The van der Waals surface area contributed by atoms with Gasteiger partial charge in [0.2, 0.25) is 0 Å². The summed E-state index contributed by atoms with van der Waals surface area (Å²) in [5, 5.41) is 0. The Hall–Kier alpha value is -0.785. The molecule has 0 radical (unpaired) electrons. The molecular weight excluding hydrogens is 96.9 g/mol. The van der Waals surface area contributed by atoms with Crippen molar-refractivity contribution in [3.63, 3.8) is 0 Å². The van der Waals surface area contributed by atoms with E-state index in [9.17, 15) is 0 Å². The Kier molecular flexibility index (Phi) is 3.95. The van der Waals surface area contributed by atoms with Crippen LogP contribution in [-0.2, 0) is 0 Å². The molecule has 1 nitrogen and oxygen atoms in total. The summed E-state index contributed by atoms with van der Waals surface area (Å²) in [7, 11) is 1.69. The third-order valence-corrected chi connectivity index (χ3v) is 0.743. The molecular formula is C6H10BN. The zero-order valence-electron chi connectivity index (χ0n) is 5.17. The number of hydrogen-bond acceptors (Lipinski definition) is 1. The Labute approximate surface area is 51.2 Å². The van der Waals surface area contributed by atoms with Crippen LogP contribution in [0.2, 0.25) is 0 Å². The fourth-order valence-electron chi connectivity index (χ4n) is 0.368. The van der Waals surface area contributed by atoms with Gasteiger partial charge in [-0.2, -0.15) is 0 Å². The van der Waals surface area contributed by atoms with Crippen LogP contribution in [0, 0.1) is 0 Å². The van der Waals surface area contributed by atoms with Gasteiger partial charge in [-0.15, -0.1) is 0 Å². The van der Waals surface area contributed by atoms with Crippen LogP contribution < -0.4 is 0 Å². The number of hydrogen-bond donors (Lipinski definition) is 0. The Morgan fingerprint density at radius 3 is 2.38 bits per heavy atom. The topological polar surface area (TPSA) is 3.24 Å². The van der Waals surface area contributed by atoms with E-state index < -0.39 is 0 Å². The van der Waals surface area contributed by atoms with E-state index in [1.807, 2.05) is 19.2 Å². The molecule has 0 fully saturated rings. The molecule has 0 N–H and O–H groups in total. The van der Waals surface area contributed by atoms with E-state index >= 15 is 0 Å². The fraction of sp³-hybridized carbons (Fsp3) is 0.167. The molecule has 0 unspecified atom stereocenters. The Morgan fingerprint density at radius 1 is 1.62 bits per heavy atom. The van der Waals surface area contributed by atoms with Crippen LogP contribution in [0.15, 0.2) is 25.1 Å². The number of allylic oxidation sites excluding steroid dienone is 1. The molecule has 0 rings (SSSR count). The standard InChI is InChI=1S/C6H10BN/c1-4-6-8(5-2)7-3/h4-6H,2-3H2,1H3/b6-4-. The van der Waals surface area contributed by atoms with Crippen molar-refractivity contribution < 1.29 is 0 Å². The van der Waals surface area contributed by atoms with Gasteiger partial charge in [0.15, 0.2) is 0 Å². The summed E-state index contributed by atoms with van der Waals surface area (Å²) in [4.78, 5) is 1.78. The summed E-state index contributed by atoms with van der Waals surface area (Å²) in [6, 6.07) is 0. The van der Waals surface area contributed by atoms with E-state index in [0.29, 0.717) is 0 Å². The first-order chi connectivity index (χ1) is 3.85. The summed E-state index contributed by atoms with van der Waals surface area (Å²) in [5.41, 5.74) is 0. The van der Waals surface area contributed by atoms with E-state index in [4.69, 9.17) is 0 Å². The van der Waals surface area contributed by atoms with Crippen molar-refractivity contribution in [2.75, 3.05) is 0 Å². The van der Waals surface area contributed by atoms with E-state index in [-0.39, 0.29) is 0 Å². The zero-order chi connectivity index (χ0) is 6.41. The monoisotopic (exact) mass is 107 g/mol. The summed E-state index contributed by atoms with van der Waals surface area (Å²) in [6.45, 7) is 9.05. The molecule has 8 heavy (non-hydrogen) atoms. The number of nitrogens with zero attached hydrogens (tertiary/aromatic N) is 1. The average molecular weight is 107 g/mol. The van der Waals surface area contributed by atoms with Gasteiger partial charge in [-0.05, 0) is 0 Å². The third-order valence-electron chi connectivity index (χ3n) is 0.743. The van der Waals surface area contributed by atoms with Crippen LogP contribution in [0.5, 0.6) is 0 Å². The van der Waals surface area contributed by atoms with Crippen LogP contribution in [0.1, 0.15) is 6.92 Å². The van der Waals surface area contributed by atoms with Gasteiger partial charge in [0.05, 0.1) is 0 Å². The quantitative estimate of drug-likeness (QED) is 0.486. The predicted molar refractivity (Wildman–Crippen MR) is 39.7 cm³/mol. The molecule has 0 aliphatic rings. The van der Waals surface area contributed by atoms with Crippen LogP contribution in [0.3, 0.4) is 0 Å². The molecule has 0 saturated carbocycles. The van der Waals surface area contributed by atoms with Gasteiger partial charge in [-0.1, -0.05) is 0 Å². The molecule has 0 aromatic rings. The SMILES string of the molecule is C=BN(C=C)/C=C\C. The van der Waals surface area contributed by atoms with Gasteiger partial charge >= 0.3 is 50.3 Å². The first-order valence-electron chi connectivity index (χ1n) is 2.50. The Bertz CT molecular complexity index is 99.1. The summed E-state index contributed by atoms with van der Waals surface area (Å²) in [5.74, 6) is 0. The molecule has 0 spiro atoms. The molecule has 0 saturated heterocycles. The minimum atomic E-state index is 1.69. The Morgan fingerprint density at radius 2 is 2.25 bits per heavy atom. The molecule has 2 heteroatoms. The zero-order valence-corrected chi connectivity index (χ0v) is 5.17. The van der Waals surface area contributed by atoms with Gasteiger partial charge in [0.1, 0.15) is 0 Å². The molecule has 0 aliphatic carbocycles. The molecule has 42 valence electrons. The van der Waals surface area contributed by atoms with Crippen molar-refractivity contribution in [2.45, 2.75) is 6.92 Å². The summed E-state index contributed by atoms with van der Waals surface area (Å²) in [6.07, 6.45) is 5.48. The first-order valence-corrected chi connectivity index (χ1v) is 2.50. The molecule has 0 aliphatic heterocycles. The fourth-order valence-corrected chi connectivity index (χ4v) is 0.368. The predicted octanol–water partition coefficient (Wildman–Crippen LogP) is 1.02. The third kappa shape index (κ3) is 2.40. The van der Waals surface area contributed by atoms with Crippen LogP contribution in [0.4, 0.5) is 0 Å². The summed E-state index contributed by atoms with van der Waals surface area (Å²) < 4.78 is 0. The molecule has 0 amide bonds. The van der Waals surface area contributed by atoms with Crippen molar-refractivity contribution in [1.29, 1.82) is 0 Å². The van der Waals surface area contributed by atoms with Crippen molar-refractivity contribution in [3.05, 3.63) is 25.1 Å². The molecule has 0 heterocycles. The van der Waals surface area contributed by atoms with Crippen molar-refractivity contribution in [1.82, 2.24) is 4.81 Å². The van der Waals surface area contributed by atoms with Crippen molar-refractivity contribution in [2.24, 2.45) is 0 Å². The van der Waals surface area contributed by atoms with E-state index in [0.717, 1.165) is 0 Å².